The van der Waals surface area contributed by atoms with Gasteiger partial charge in [-0.3, -0.25) is 14.6 Å². The summed E-state index contributed by atoms with van der Waals surface area (Å²) >= 11 is 0. The van der Waals surface area contributed by atoms with Gasteiger partial charge in [0.15, 0.2) is 11.5 Å². The number of nitrogens with two attached hydrogens (primary N) is 1. The molecule has 0 aromatic heterocycles. The Balaban J connectivity index is 3.21. The first-order chi connectivity index (χ1) is 12.8. The van der Waals surface area contributed by atoms with E-state index < -0.39 is 5.91 Å². The lowest BCUT2D eigenvalue weighted by Crippen LogP contribution is -2.31. The molecule has 1 rings (SSSR count). The van der Waals surface area contributed by atoms with Gasteiger partial charge in [0.25, 0.3) is 0 Å². The Hall–Kier alpha value is -3.03. The molecule has 1 aliphatic rings. The number of amides is 1. The van der Waals surface area contributed by atoms with Crippen LogP contribution in [0.1, 0.15) is 26.7 Å². The molecule has 0 heterocycles. The average molecular weight is 377 g/mol. The van der Waals surface area contributed by atoms with Gasteiger partial charge in [-0.15, -0.1) is 0 Å². The molecular formula is C19H27N3O5. The molecule has 0 aromatic rings. The van der Waals surface area contributed by atoms with Crippen LogP contribution in [-0.4, -0.2) is 50.3 Å². The molecule has 0 aromatic carbocycles. The van der Waals surface area contributed by atoms with Crippen molar-refractivity contribution in [3.63, 3.8) is 0 Å². The number of carbonyl (C=O) groups excluding carboxylic acids is 2. The molecule has 1 amide bonds. The number of hydrogen-bond donors (Lipinski definition) is 1. The van der Waals surface area contributed by atoms with Gasteiger partial charge in [0.2, 0.25) is 11.7 Å². The molecule has 0 spiro atoms. The van der Waals surface area contributed by atoms with Gasteiger partial charge in [0.05, 0.1) is 21.3 Å². The number of rotatable bonds is 10. The van der Waals surface area contributed by atoms with Gasteiger partial charge < -0.3 is 19.9 Å². The maximum atomic E-state index is 12.9. The number of ketones is 1. The standard InChI is InChI=1S/C19H27N3O5/c1-7-12(2)22(11-17(20)23)21-13(3)18(24)14-8-9-15(25-4)19(27-6)16(10-14)26-5/h8,10H,2,7,9,11H2,1,3-6H3,(H2,20,23)/b21-13+. The largest absolute Gasteiger partial charge is 0.497 e. The Morgan fingerprint density at radius 2 is 1.93 bits per heavy atom. The number of Topliss-reactive ketones (excluding diaryl/α,β-unsaturated/α-hetero) is 1. The number of ether oxygens (including phenoxy) is 3. The van der Waals surface area contributed by atoms with E-state index >= 15 is 0 Å². The highest BCUT2D eigenvalue weighted by molar-refractivity contribution is 6.45. The smallest absolute Gasteiger partial charge is 0.239 e. The van der Waals surface area contributed by atoms with Crippen LogP contribution in [0.15, 0.2) is 52.4 Å². The molecule has 2 N–H and O–H groups in total. The molecule has 148 valence electrons. The summed E-state index contributed by atoms with van der Waals surface area (Å²) in [7, 11) is 4.50. The number of methoxy groups -OCH3 is 3. The second-order valence-electron chi connectivity index (χ2n) is 5.70. The predicted octanol–water partition coefficient (Wildman–Crippen LogP) is 2.01. The number of nitrogens with zero attached hydrogens (tertiary/aromatic N) is 2. The maximum Gasteiger partial charge on any atom is 0.239 e. The van der Waals surface area contributed by atoms with Crippen molar-refractivity contribution < 1.29 is 23.8 Å². The summed E-state index contributed by atoms with van der Waals surface area (Å²) in [4.78, 5) is 24.1. The van der Waals surface area contributed by atoms with Crippen molar-refractivity contribution in [3.05, 3.63) is 47.3 Å². The second kappa shape index (κ2) is 10.2. The Bertz CT molecular complexity index is 732. The van der Waals surface area contributed by atoms with Crippen molar-refractivity contribution in [1.82, 2.24) is 5.01 Å². The fourth-order valence-corrected chi connectivity index (χ4v) is 2.38. The highest BCUT2D eigenvalue weighted by Crippen LogP contribution is 2.26. The minimum absolute atomic E-state index is 0.154. The van der Waals surface area contributed by atoms with Crippen LogP contribution in [-0.2, 0) is 23.8 Å². The van der Waals surface area contributed by atoms with E-state index in [-0.39, 0.29) is 18.0 Å². The van der Waals surface area contributed by atoms with E-state index in [1.165, 1.54) is 26.3 Å². The lowest BCUT2D eigenvalue weighted by atomic mass is 10.1. The van der Waals surface area contributed by atoms with Gasteiger partial charge in [-0.1, -0.05) is 19.6 Å². The number of carbonyl (C=O) groups is 2. The van der Waals surface area contributed by atoms with E-state index in [0.29, 0.717) is 41.4 Å². The summed E-state index contributed by atoms with van der Waals surface area (Å²) in [6.45, 7) is 7.13. The molecule has 0 unspecified atom stereocenters. The fourth-order valence-electron chi connectivity index (χ4n) is 2.38. The number of hydrazone groups is 1. The normalized spacial score (nSPS) is 14.6. The average Bonchev–Trinajstić information content (AvgIpc) is 2.84. The summed E-state index contributed by atoms with van der Waals surface area (Å²) in [5.41, 5.74) is 6.38. The SMILES string of the molecule is C=C(CC)N(CC(N)=O)/N=C(\C)C(=O)C1=CCC(OC)=C(OC)C(OC)=C1. The summed E-state index contributed by atoms with van der Waals surface area (Å²) in [5.74, 6) is 0.436. The van der Waals surface area contributed by atoms with Gasteiger partial charge in [-0.25, -0.2) is 0 Å². The van der Waals surface area contributed by atoms with Gasteiger partial charge in [-0.05, 0) is 19.4 Å². The molecule has 27 heavy (non-hydrogen) atoms. The zero-order valence-electron chi connectivity index (χ0n) is 16.5. The molecule has 0 fully saturated rings. The predicted molar refractivity (Wildman–Crippen MR) is 102 cm³/mol. The van der Waals surface area contributed by atoms with Crippen LogP contribution < -0.4 is 5.73 Å². The van der Waals surface area contributed by atoms with Crippen LogP contribution in [0.25, 0.3) is 0 Å². The highest BCUT2D eigenvalue weighted by Gasteiger charge is 2.22. The van der Waals surface area contributed by atoms with E-state index in [2.05, 4.69) is 11.7 Å². The fraction of sp³-hybridized carbons (Fsp3) is 0.421. The molecule has 8 nitrogen and oxygen atoms in total. The monoisotopic (exact) mass is 377 g/mol. The number of allylic oxidation sites excluding steroid dienone is 4. The number of primary amides is 1. The topological polar surface area (TPSA) is 103 Å². The van der Waals surface area contributed by atoms with Crippen LogP contribution in [0, 0.1) is 0 Å². The minimum Gasteiger partial charge on any atom is -0.497 e. The van der Waals surface area contributed by atoms with Crippen LogP contribution in [0.3, 0.4) is 0 Å². The van der Waals surface area contributed by atoms with Crippen molar-refractivity contribution in [2.24, 2.45) is 10.8 Å². The molecular weight excluding hydrogens is 350 g/mol. The lowest BCUT2D eigenvalue weighted by Gasteiger charge is -2.19. The molecule has 0 atom stereocenters. The molecule has 0 aliphatic heterocycles. The first-order valence-corrected chi connectivity index (χ1v) is 8.39. The Kier molecular flexibility index (Phi) is 8.32. The molecule has 8 heteroatoms. The molecule has 0 saturated carbocycles. The van der Waals surface area contributed by atoms with Crippen molar-refractivity contribution in [1.29, 1.82) is 0 Å². The quantitative estimate of drug-likeness (QED) is 0.461. The summed E-state index contributed by atoms with van der Waals surface area (Å²) < 4.78 is 16.0. The van der Waals surface area contributed by atoms with Crippen LogP contribution in [0.5, 0.6) is 0 Å². The lowest BCUT2D eigenvalue weighted by molar-refractivity contribution is -0.119. The van der Waals surface area contributed by atoms with Crippen molar-refractivity contribution in [3.8, 4) is 0 Å². The van der Waals surface area contributed by atoms with Gasteiger partial charge >= 0.3 is 0 Å². The Morgan fingerprint density at radius 3 is 2.41 bits per heavy atom. The van der Waals surface area contributed by atoms with Gasteiger partial charge in [-0.2, -0.15) is 5.10 Å². The van der Waals surface area contributed by atoms with E-state index in [9.17, 15) is 9.59 Å². The second-order valence-corrected chi connectivity index (χ2v) is 5.70. The van der Waals surface area contributed by atoms with Crippen molar-refractivity contribution >= 4 is 17.4 Å². The first-order valence-electron chi connectivity index (χ1n) is 8.39. The van der Waals surface area contributed by atoms with Crippen LogP contribution in [0.4, 0.5) is 0 Å². The van der Waals surface area contributed by atoms with E-state index in [1.807, 2.05) is 6.92 Å². The summed E-state index contributed by atoms with van der Waals surface area (Å²) in [6.07, 6.45) is 4.19. The zero-order valence-corrected chi connectivity index (χ0v) is 16.5. The maximum absolute atomic E-state index is 12.9. The number of hydrogen-bond acceptors (Lipinski definition) is 7. The molecule has 0 radical (unpaired) electrons. The highest BCUT2D eigenvalue weighted by atomic mass is 16.5. The minimum atomic E-state index is -0.567. The summed E-state index contributed by atoms with van der Waals surface area (Å²) in [5, 5.41) is 5.58. The van der Waals surface area contributed by atoms with E-state index in [0.717, 1.165) is 0 Å². The third kappa shape index (κ3) is 5.73. The van der Waals surface area contributed by atoms with E-state index in [1.54, 1.807) is 19.1 Å². The Labute approximate surface area is 159 Å². The van der Waals surface area contributed by atoms with Crippen molar-refractivity contribution in [2.45, 2.75) is 26.7 Å². The molecule has 1 aliphatic carbocycles. The van der Waals surface area contributed by atoms with Gasteiger partial charge in [0, 0.05) is 17.7 Å². The molecule has 0 saturated heterocycles. The van der Waals surface area contributed by atoms with Crippen molar-refractivity contribution in [2.75, 3.05) is 27.9 Å². The van der Waals surface area contributed by atoms with Gasteiger partial charge in [0.1, 0.15) is 18.0 Å². The third-order valence-corrected chi connectivity index (χ3v) is 3.88. The molecule has 0 bridgehead atoms. The first kappa shape index (κ1) is 22.0. The van der Waals surface area contributed by atoms with Crippen LogP contribution in [0.2, 0.25) is 0 Å². The third-order valence-electron chi connectivity index (χ3n) is 3.88. The Morgan fingerprint density at radius 1 is 1.26 bits per heavy atom. The summed E-state index contributed by atoms with van der Waals surface area (Å²) in [6, 6.07) is 0. The van der Waals surface area contributed by atoms with E-state index in [4.69, 9.17) is 19.9 Å². The van der Waals surface area contributed by atoms with Crippen LogP contribution >= 0.6 is 0 Å². The zero-order chi connectivity index (χ0) is 20.6.